The maximum Gasteiger partial charge on any atom is 0.128 e. The third-order valence-corrected chi connectivity index (χ3v) is 9.51. The van der Waals surface area contributed by atoms with Gasteiger partial charge in [-0.25, -0.2) is 0 Å². The standard InChI is InChI=1S/C41H26O2/c42-39-33-21-7-3-15-27(33)25-13-1-5-19-31(25)37(39)41(35-23-11-9-17-29(35)30-18-10-12-24-36(30)41)38-32-20-6-2-14-26(32)28-16-4-8-22-34(28)40(38)43/h1-24,42-43H. The molecular weight excluding hydrogens is 524 g/mol. The third kappa shape index (κ3) is 2.97. The fraction of sp³-hybridized carbons (Fsp3) is 0.0244. The number of fused-ring (bicyclic) bond motifs is 9. The summed E-state index contributed by atoms with van der Waals surface area (Å²) in [6, 6.07) is 49.8. The lowest BCUT2D eigenvalue weighted by molar-refractivity contribution is 0.457. The summed E-state index contributed by atoms with van der Waals surface area (Å²) >= 11 is 0. The SMILES string of the molecule is Oc1c(C2(c3c(O)c4ccccc4c4ccccc34)c3ccccc3-c3ccccc32)c2ccccc2c2ccccc12. The van der Waals surface area contributed by atoms with Crippen LogP contribution in [0.15, 0.2) is 146 Å². The minimum atomic E-state index is -1.02. The van der Waals surface area contributed by atoms with Gasteiger partial charge in [-0.1, -0.05) is 146 Å². The number of hydrogen-bond donors (Lipinski definition) is 2. The van der Waals surface area contributed by atoms with E-state index in [1.54, 1.807) is 0 Å². The van der Waals surface area contributed by atoms with Crippen molar-refractivity contribution in [1.82, 2.24) is 0 Å². The fourth-order valence-corrected chi connectivity index (χ4v) is 7.90. The summed E-state index contributed by atoms with van der Waals surface area (Å²) in [6.07, 6.45) is 0. The van der Waals surface area contributed by atoms with E-state index in [0.29, 0.717) is 0 Å². The Balaban J connectivity index is 1.63. The summed E-state index contributed by atoms with van der Waals surface area (Å²) in [5, 5.41) is 32.8. The summed E-state index contributed by atoms with van der Waals surface area (Å²) < 4.78 is 0. The molecule has 0 amide bonds. The molecule has 0 saturated carbocycles. The molecule has 2 nitrogen and oxygen atoms in total. The van der Waals surface area contributed by atoms with Gasteiger partial charge in [-0.2, -0.15) is 0 Å². The van der Waals surface area contributed by atoms with Crippen LogP contribution in [0.4, 0.5) is 0 Å². The van der Waals surface area contributed by atoms with Crippen LogP contribution in [0.5, 0.6) is 11.5 Å². The van der Waals surface area contributed by atoms with E-state index in [1.807, 2.05) is 48.5 Å². The smallest absolute Gasteiger partial charge is 0.128 e. The Hall–Kier alpha value is -5.60. The van der Waals surface area contributed by atoms with Gasteiger partial charge in [-0.3, -0.25) is 0 Å². The van der Waals surface area contributed by atoms with Gasteiger partial charge >= 0.3 is 0 Å². The van der Waals surface area contributed by atoms with Gasteiger partial charge in [0, 0.05) is 21.9 Å². The average molecular weight is 551 g/mol. The van der Waals surface area contributed by atoms with Crippen LogP contribution < -0.4 is 0 Å². The summed E-state index contributed by atoms with van der Waals surface area (Å²) in [4.78, 5) is 0. The molecule has 0 aromatic heterocycles. The van der Waals surface area contributed by atoms with E-state index in [9.17, 15) is 10.2 Å². The van der Waals surface area contributed by atoms with Crippen LogP contribution in [0.1, 0.15) is 22.3 Å². The molecule has 0 saturated heterocycles. The number of phenolic OH excluding ortho intramolecular Hbond substituents is 2. The maximum absolute atomic E-state index is 12.6. The lowest BCUT2D eigenvalue weighted by Crippen LogP contribution is -2.30. The van der Waals surface area contributed by atoms with Gasteiger partial charge in [0.2, 0.25) is 0 Å². The van der Waals surface area contributed by atoms with Crippen LogP contribution in [0, 0.1) is 0 Å². The Labute approximate surface area is 248 Å². The first-order valence-electron chi connectivity index (χ1n) is 14.7. The van der Waals surface area contributed by atoms with Gasteiger partial charge in [0.1, 0.15) is 11.5 Å². The predicted molar refractivity (Wildman–Crippen MR) is 177 cm³/mol. The molecule has 43 heavy (non-hydrogen) atoms. The molecule has 8 aromatic carbocycles. The van der Waals surface area contributed by atoms with Gasteiger partial charge in [0.25, 0.3) is 0 Å². The predicted octanol–water partition coefficient (Wildman–Crippen LogP) is 10.1. The molecule has 1 aliphatic carbocycles. The molecule has 9 rings (SSSR count). The highest BCUT2D eigenvalue weighted by Gasteiger charge is 2.51. The Bertz CT molecular complexity index is 2260. The number of phenols is 2. The molecule has 0 spiro atoms. The molecule has 0 aliphatic heterocycles. The van der Waals surface area contributed by atoms with Crippen LogP contribution in [0.3, 0.4) is 0 Å². The summed E-state index contributed by atoms with van der Waals surface area (Å²) in [5.74, 6) is 0.467. The summed E-state index contributed by atoms with van der Waals surface area (Å²) in [5.41, 5.74) is 4.85. The van der Waals surface area contributed by atoms with Crippen LogP contribution in [-0.4, -0.2) is 10.2 Å². The molecule has 0 radical (unpaired) electrons. The van der Waals surface area contributed by atoms with E-state index in [4.69, 9.17) is 0 Å². The summed E-state index contributed by atoms with van der Waals surface area (Å²) in [6.45, 7) is 0. The van der Waals surface area contributed by atoms with Gasteiger partial charge < -0.3 is 10.2 Å². The molecule has 0 atom stereocenters. The minimum Gasteiger partial charge on any atom is -0.507 e. The highest BCUT2D eigenvalue weighted by atomic mass is 16.3. The van der Waals surface area contributed by atoms with Crippen molar-refractivity contribution in [2.75, 3.05) is 0 Å². The normalized spacial score (nSPS) is 13.5. The molecule has 0 heterocycles. The van der Waals surface area contributed by atoms with Crippen LogP contribution in [-0.2, 0) is 5.41 Å². The quantitative estimate of drug-likeness (QED) is 0.210. The topological polar surface area (TPSA) is 40.5 Å². The molecule has 2 N–H and O–H groups in total. The first-order chi connectivity index (χ1) is 21.2. The lowest BCUT2D eigenvalue weighted by Gasteiger charge is -2.37. The Kier molecular flexibility index (Phi) is 4.87. The molecule has 8 aromatic rings. The second kappa shape index (κ2) is 8.70. The monoisotopic (exact) mass is 550 g/mol. The number of rotatable bonds is 2. The van der Waals surface area contributed by atoms with E-state index in [0.717, 1.165) is 76.5 Å². The fourth-order valence-electron chi connectivity index (χ4n) is 7.90. The van der Waals surface area contributed by atoms with Crippen molar-refractivity contribution >= 4 is 43.1 Å². The molecular formula is C41H26O2. The zero-order valence-electron chi connectivity index (χ0n) is 23.3. The highest BCUT2D eigenvalue weighted by molar-refractivity contribution is 6.17. The van der Waals surface area contributed by atoms with Gasteiger partial charge in [-0.15, -0.1) is 0 Å². The molecule has 202 valence electrons. The van der Waals surface area contributed by atoms with Crippen molar-refractivity contribution in [1.29, 1.82) is 0 Å². The Morgan fingerprint density at radius 3 is 0.977 bits per heavy atom. The first kappa shape index (κ1) is 24.0. The molecule has 0 fully saturated rings. The molecule has 2 heteroatoms. The average Bonchev–Trinajstić information content (AvgIpc) is 3.36. The van der Waals surface area contributed by atoms with Crippen molar-refractivity contribution in [2.24, 2.45) is 0 Å². The van der Waals surface area contributed by atoms with E-state index >= 15 is 0 Å². The van der Waals surface area contributed by atoms with E-state index in [1.165, 1.54) is 0 Å². The van der Waals surface area contributed by atoms with E-state index in [-0.39, 0.29) is 11.5 Å². The van der Waals surface area contributed by atoms with Gasteiger partial charge in [0.15, 0.2) is 0 Å². The molecule has 1 aliphatic rings. The first-order valence-corrected chi connectivity index (χ1v) is 14.7. The largest absolute Gasteiger partial charge is 0.507 e. The van der Waals surface area contributed by atoms with E-state index in [2.05, 4.69) is 97.1 Å². The third-order valence-electron chi connectivity index (χ3n) is 9.51. The highest BCUT2D eigenvalue weighted by Crippen LogP contribution is 2.63. The molecule has 0 unspecified atom stereocenters. The van der Waals surface area contributed by atoms with Crippen molar-refractivity contribution in [3.05, 3.63) is 168 Å². The molecule has 0 bridgehead atoms. The van der Waals surface area contributed by atoms with Crippen LogP contribution in [0.2, 0.25) is 0 Å². The number of benzene rings is 8. The minimum absolute atomic E-state index is 0.234. The number of aromatic hydroxyl groups is 2. The second-order valence-electron chi connectivity index (χ2n) is 11.5. The van der Waals surface area contributed by atoms with Crippen molar-refractivity contribution in [3.8, 4) is 22.6 Å². The van der Waals surface area contributed by atoms with Gasteiger partial charge in [-0.05, 0) is 54.6 Å². The van der Waals surface area contributed by atoms with Crippen molar-refractivity contribution in [2.45, 2.75) is 5.41 Å². The summed E-state index contributed by atoms with van der Waals surface area (Å²) in [7, 11) is 0. The second-order valence-corrected chi connectivity index (χ2v) is 11.5. The zero-order valence-corrected chi connectivity index (χ0v) is 23.3. The zero-order chi connectivity index (χ0) is 28.7. The van der Waals surface area contributed by atoms with Crippen molar-refractivity contribution < 1.29 is 10.2 Å². The van der Waals surface area contributed by atoms with Gasteiger partial charge in [0.05, 0.1) is 5.41 Å². The van der Waals surface area contributed by atoms with E-state index < -0.39 is 5.41 Å². The maximum atomic E-state index is 12.6. The number of hydrogen-bond acceptors (Lipinski definition) is 2. The van der Waals surface area contributed by atoms with Crippen LogP contribution in [0.25, 0.3) is 54.2 Å². The Morgan fingerprint density at radius 1 is 0.302 bits per heavy atom. The Morgan fingerprint density at radius 2 is 0.581 bits per heavy atom. The lowest BCUT2D eigenvalue weighted by atomic mass is 9.64. The van der Waals surface area contributed by atoms with Crippen LogP contribution >= 0.6 is 0 Å². The van der Waals surface area contributed by atoms with Crippen molar-refractivity contribution in [3.63, 3.8) is 0 Å².